The van der Waals surface area contributed by atoms with Crippen molar-refractivity contribution < 1.29 is 9.47 Å². The van der Waals surface area contributed by atoms with Crippen LogP contribution in [0.25, 0.3) is 22.3 Å². The summed E-state index contributed by atoms with van der Waals surface area (Å²) in [6, 6.07) is 29.0. The van der Waals surface area contributed by atoms with E-state index in [0.29, 0.717) is 0 Å². The van der Waals surface area contributed by atoms with Gasteiger partial charge < -0.3 is 9.47 Å². The highest BCUT2D eigenvalue weighted by Gasteiger charge is 2.39. The van der Waals surface area contributed by atoms with E-state index in [1.807, 2.05) is 0 Å². The summed E-state index contributed by atoms with van der Waals surface area (Å²) >= 11 is 0. The Labute approximate surface area is 462 Å². The lowest BCUT2D eigenvalue weighted by atomic mass is 9.66. The second-order valence-corrected chi connectivity index (χ2v) is 29.6. The lowest BCUT2D eigenvalue weighted by Crippen LogP contribution is -2.26. The van der Waals surface area contributed by atoms with E-state index in [2.05, 4.69) is 246 Å². The van der Waals surface area contributed by atoms with Gasteiger partial charge in [0.05, 0.1) is 6.61 Å². The van der Waals surface area contributed by atoms with Crippen LogP contribution in [0.5, 0.6) is 17.2 Å². The highest BCUT2D eigenvalue weighted by molar-refractivity contribution is 5.97. The molecular formula is C73H108O2. The smallest absolute Gasteiger partial charge is 0.135 e. The topological polar surface area (TPSA) is 18.5 Å². The van der Waals surface area contributed by atoms with Gasteiger partial charge >= 0.3 is 0 Å². The van der Waals surface area contributed by atoms with E-state index in [4.69, 9.17) is 9.47 Å². The highest BCUT2D eigenvalue weighted by Crippen LogP contribution is 2.57. The van der Waals surface area contributed by atoms with Crippen molar-refractivity contribution >= 4 is 0 Å². The van der Waals surface area contributed by atoms with Crippen LogP contribution in [0, 0.1) is 5.92 Å². The minimum Gasteiger partial charge on any atom is -0.494 e. The quantitative estimate of drug-likeness (QED) is 0.0815. The molecule has 0 amide bonds. The summed E-state index contributed by atoms with van der Waals surface area (Å²) < 4.78 is 14.6. The zero-order valence-electron chi connectivity index (χ0n) is 52.9. The Balaban J connectivity index is 2.05. The predicted octanol–water partition coefficient (Wildman–Crippen LogP) is 22.0. The van der Waals surface area contributed by atoms with Crippen LogP contribution in [0.15, 0.2) is 72.8 Å². The summed E-state index contributed by atoms with van der Waals surface area (Å²) in [6.45, 7) is 60.4. The molecule has 2 nitrogen and oxygen atoms in total. The van der Waals surface area contributed by atoms with Crippen molar-refractivity contribution in [2.75, 3.05) is 6.61 Å². The second kappa shape index (κ2) is 23.3. The molecule has 2 heteroatoms. The number of ether oxygens (including phenoxy) is 2. The molecule has 0 aliphatic carbocycles. The molecule has 0 heterocycles. The van der Waals surface area contributed by atoms with E-state index >= 15 is 0 Å². The van der Waals surface area contributed by atoms with Gasteiger partial charge in [-0.3, -0.25) is 0 Å². The van der Waals surface area contributed by atoms with Crippen molar-refractivity contribution in [3.8, 4) is 39.5 Å². The van der Waals surface area contributed by atoms with Crippen LogP contribution in [0.2, 0.25) is 0 Å². The molecule has 0 bridgehead atoms. The summed E-state index contributed by atoms with van der Waals surface area (Å²) in [5, 5.41) is 0. The van der Waals surface area contributed by atoms with E-state index in [1.54, 1.807) is 0 Å². The van der Waals surface area contributed by atoms with Gasteiger partial charge in [-0.1, -0.05) is 260 Å². The Morgan fingerprint density at radius 1 is 0.373 bits per heavy atom. The summed E-state index contributed by atoms with van der Waals surface area (Å²) in [5.74, 6) is 3.63. The lowest BCUT2D eigenvalue weighted by Gasteiger charge is -2.39. The number of unbranched alkanes of at least 4 members (excludes halogenated alkanes) is 4. The number of hydrogen-bond donors (Lipinski definition) is 0. The number of hydrogen-bond acceptors (Lipinski definition) is 2. The molecule has 0 saturated carbocycles. The first-order valence-corrected chi connectivity index (χ1v) is 29.6. The van der Waals surface area contributed by atoms with Crippen molar-refractivity contribution in [2.45, 2.75) is 269 Å². The van der Waals surface area contributed by atoms with E-state index in [-0.39, 0.29) is 32.5 Å². The van der Waals surface area contributed by atoms with E-state index < -0.39 is 5.41 Å². The van der Waals surface area contributed by atoms with Gasteiger partial charge in [0, 0.05) is 22.1 Å². The third kappa shape index (κ3) is 14.6. The van der Waals surface area contributed by atoms with Crippen LogP contribution >= 0.6 is 0 Å². The fourth-order valence-corrected chi connectivity index (χ4v) is 11.1. The lowest BCUT2D eigenvalue weighted by molar-refractivity contribution is 0.304. The van der Waals surface area contributed by atoms with E-state index in [1.165, 1.54) is 116 Å². The molecular weight excluding hydrogens is 909 g/mol. The van der Waals surface area contributed by atoms with Gasteiger partial charge in [0.15, 0.2) is 0 Å². The van der Waals surface area contributed by atoms with Gasteiger partial charge in [0.2, 0.25) is 0 Å². The molecule has 0 fully saturated rings. The van der Waals surface area contributed by atoms with Crippen molar-refractivity contribution in [1.29, 1.82) is 0 Å². The van der Waals surface area contributed by atoms with Gasteiger partial charge in [-0.2, -0.15) is 0 Å². The van der Waals surface area contributed by atoms with Gasteiger partial charge in [0.25, 0.3) is 0 Å². The molecule has 0 spiro atoms. The Morgan fingerprint density at radius 2 is 0.733 bits per heavy atom. The van der Waals surface area contributed by atoms with E-state index in [9.17, 15) is 0 Å². The molecule has 5 aromatic carbocycles. The van der Waals surface area contributed by atoms with Crippen molar-refractivity contribution in [3.63, 3.8) is 0 Å². The monoisotopic (exact) mass is 1020 g/mol. The van der Waals surface area contributed by atoms with Crippen LogP contribution in [0.4, 0.5) is 0 Å². The van der Waals surface area contributed by atoms with E-state index in [0.717, 1.165) is 55.5 Å². The van der Waals surface area contributed by atoms with Gasteiger partial charge in [-0.25, -0.2) is 0 Å². The molecule has 0 aliphatic rings. The SMILES string of the molecule is CCc1cc(C(C)(C)C)c(Oc2ccc(C(C)(C)c3ccc(OCCCCCCCC(C)C)cc3)c(-c3c(C(C)(C)C)cc(CC)cc3C(C)(C)C)c2-c2c(C(C)(C)C)cc(CC)cc2C(C)(C)C)c(C(C)(C)C)c1. The van der Waals surface area contributed by atoms with Crippen LogP contribution in [0.3, 0.4) is 0 Å². The maximum absolute atomic E-state index is 8.08. The molecule has 412 valence electrons. The maximum atomic E-state index is 8.08. The Kier molecular flexibility index (Phi) is 19.2. The van der Waals surface area contributed by atoms with Crippen LogP contribution in [-0.4, -0.2) is 6.61 Å². The molecule has 5 rings (SSSR count). The minimum atomic E-state index is -0.450. The average Bonchev–Trinajstić information content (AvgIpc) is 3.29. The number of aryl methyl sites for hydroxylation is 3. The molecule has 75 heavy (non-hydrogen) atoms. The average molecular weight is 1020 g/mol. The van der Waals surface area contributed by atoms with Gasteiger partial charge in [-0.15, -0.1) is 0 Å². The number of benzene rings is 5. The van der Waals surface area contributed by atoms with Crippen molar-refractivity contribution in [3.05, 3.63) is 134 Å². The molecule has 5 aromatic rings. The normalized spacial score (nSPS) is 13.3. The van der Waals surface area contributed by atoms with Gasteiger partial charge in [-0.05, 0) is 149 Å². The molecule has 0 unspecified atom stereocenters. The third-order valence-corrected chi connectivity index (χ3v) is 15.9. The first-order valence-electron chi connectivity index (χ1n) is 29.6. The summed E-state index contributed by atoms with van der Waals surface area (Å²) in [6.07, 6.45) is 10.4. The third-order valence-electron chi connectivity index (χ3n) is 15.9. The Hall–Kier alpha value is -4.30. The fraction of sp³-hybridized carbons (Fsp3) is 0.589. The Morgan fingerprint density at radius 3 is 1.11 bits per heavy atom. The van der Waals surface area contributed by atoms with Crippen LogP contribution in [-0.2, 0) is 57.2 Å². The minimum absolute atomic E-state index is 0.181. The molecule has 0 saturated heterocycles. The standard InChI is InChI=1S/C73H108O2/c1-26-49-42-55(67(6,7)8)62(56(43-49)68(9,10)11)64-54(73(24,25)52-35-37-53(38-36-52)74-41-33-31-29-30-32-34-48(4)5)39-40-61(75-66-59(71(18,19)20)46-51(28-3)47-60(66)72(21,22)23)65(64)63-57(69(12,13)14)44-50(27-2)45-58(63)70(15,16)17/h35-40,42-48H,26-34,41H2,1-25H3. The Bertz CT molecular complexity index is 2600. The molecule has 0 aliphatic heterocycles. The fourth-order valence-electron chi connectivity index (χ4n) is 11.1. The zero-order valence-corrected chi connectivity index (χ0v) is 52.9. The second-order valence-electron chi connectivity index (χ2n) is 29.6. The largest absolute Gasteiger partial charge is 0.494 e. The maximum Gasteiger partial charge on any atom is 0.135 e. The summed E-state index contributed by atoms with van der Waals surface area (Å²) in [5.41, 5.74) is 18.1. The predicted molar refractivity (Wildman–Crippen MR) is 331 cm³/mol. The van der Waals surface area contributed by atoms with Crippen molar-refractivity contribution in [1.82, 2.24) is 0 Å². The van der Waals surface area contributed by atoms with Gasteiger partial charge in [0.1, 0.15) is 17.2 Å². The van der Waals surface area contributed by atoms with Crippen LogP contribution in [0.1, 0.15) is 273 Å². The summed E-state index contributed by atoms with van der Waals surface area (Å²) in [4.78, 5) is 0. The van der Waals surface area contributed by atoms with Crippen LogP contribution < -0.4 is 9.47 Å². The zero-order chi connectivity index (χ0) is 56.4. The molecule has 0 radical (unpaired) electrons. The number of rotatable bonds is 18. The molecule has 0 atom stereocenters. The first kappa shape index (κ1) is 61.6. The summed E-state index contributed by atoms with van der Waals surface area (Å²) in [7, 11) is 0. The highest BCUT2D eigenvalue weighted by atomic mass is 16.5. The molecule has 0 aromatic heterocycles. The molecule has 0 N–H and O–H groups in total. The van der Waals surface area contributed by atoms with Crippen molar-refractivity contribution in [2.24, 2.45) is 5.92 Å². The first-order chi connectivity index (χ1) is 34.5.